The minimum absolute atomic E-state index is 0.110. The Bertz CT molecular complexity index is 729. The van der Waals surface area contributed by atoms with Crippen molar-refractivity contribution in [2.24, 2.45) is 0 Å². The fourth-order valence-electron chi connectivity index (χ4n) is 1.35. The summed E-state index contributed by atoms with van der Waals surface area (Å²) in [6.07, 6.45) is 0. The smallest absolute Gasteiger partial charge is 0.485 e. The van der Waals surface area contributed by atoms with Crippen LogP contribution in [0.25, 0.3) is 8.79 Å². The van der Waals surface area contributed by atoms with E-state index in [1.807, 2.05) is 6.07 Å². The molecule has 0 unspecified atom stereocenters. The van der Waals surface area contributed by atoms with E-state index in [0.717, 1.165) is 5.75 Å². The SMILES string of the molecule is COc1ccc2c(C)cc[te+]c2c1.O=S(=O)([O-])C(F)(F)F. The Hall–Kier alpha value is -0.880. The van der Waals surface area contributed by atoms with Gasteiger partial charge in [-0.25, -0.2) is 8.42 Å². The third kappa shape index (κ3) is 5.11. The monoisotopic (exact) mass is 438 g/mol. The Morgan fingerprint density at radius 2 is 1.81 bits per heavy atom. The van der Waals surface area contributed by atoms with E-state index in [-0.39, 0.29) is 20.4 Å². The van der Waals surface area contributed by atoms with E-state index in [2.05, 4.69) is 29.2 Å². The second kappa shape index (κ2) is 6.92. The van der Waals surface area contributed by atoms with Gasteiger partial charge >= 0.3 is 93.2 Å². The molecular formula is C12H11F3O4STe. The molecule has 0 N–H and O–H groups in total. The molecule has 2 aromatic rings. The second-order valence-electron chi connectivity index (χ2n) is 3.87. The first-order valence-corrected chi connectivity index (χ1v) is 9.35. The van der Waals surface area contributed by atoms with Gasteiger partial charge in [-0.15, -0.1) is 0 Å². The molecule has 0 fully saturated rings. The van der Waals surface area contributed by atoms with Crippen LogP contribution in [0.5, 0.6) is 5.75 Å². The minimum Gasteiger partial charge on any atom is -0.741 e. The molecule has 0 aliphatic heterocycles. The predicted octanol–water partition coefficient (Wildman–Crippen LogP) is 2.55. The molecule has 0 radical (unpaired) electrons. The summed E-state index contributed by atoms with van der Waals surface area (Å²) in [4.78, 5) is 0. The van der Waals surface area contributed by atoms with Crippen LogP contribution in [0.15, 0.2) is 28.3 Å². The average Bonchev–Trinajstić information content (AvgIpc) is 2.37. The van der Waals surface area contributed by atoms with Crippen molar-refractivity contribution in [2.75, 3.05) is 7.11 Å². The van der Waals surface area contributed by atoms with Gasteiger partial charge in [0.05, 0.1) is 0 Å². The Morgan fingerprint density at radius 3 is 2.29 bits per heavy atom. The van der Waals surface area contributed by atoms with E-state index in [4.69, 9.17) is 17.7 Å². The maximum Gasteiger partial charge on any atom is 0.485 e. The van der Waals surface area contributed by atoms with Crippen molar-refractivity contribution in [2.45, 2.75) is 12.4 Å². The molecule has 0 saturated heterocycles. The second-order valence-corrected chi connectivity index (χ2v) is 7.94. The van der Waals surface area contributed by atoms with Gasteiger partial charge < -0.3 is 4.55 Å². The number of ether oxygens (including phenoxy) is 1. The third-order valence-corrected chi connectivity index (χ3v) is 5.44. The van der Waals surface area contributed by atoms with Crippen LogP contribution in [0, 0.1) is 6.92 Å². The summed E-state index contributed by atoms with van der Waals surface area (Å²) >= 11 is -0.110. The molecule has 116 valence electrons. The van der Waals surface area contributed by atoms with Gasteiger partial charge in [-0.3, -0.25) is 0 Å². The summed E-state index contributed by atoms with van der Waals surface area (Å²) in [6.45, 7) is 2.16. The summed E-state index contributed by atoms with van der Waals surface area (Å²) in [5.74, 6) is 0.979. The zero-order chi connectivity index (χ0) is 16.3. The van der Waals surface area contributed by atoms with Crippen molar-refractivity contribution in [3.05, 3.63) is 33.9 Å². The van der Waals surface area contributed by atoms with Crippen LogP contribution in [0.2, 0.25) is 0 Å². The van der Waals surface area contributed by atoms with Crippen molar-refractivity contribution >= 4 is 39.3 Å². The van der Waals surface area contributed by atoms with E-state index in [1.54, 1.807) is 7.11 Å². The van der Waals surface area contributed by atoms with Crippen molar-refractivity contribution in [3.8, 4) is 5.75 Å². The first-order valence-electron chi connectivity index (χ1n) is 5.43. The van der Waals surface area contributed by atoms with Crippen LogP contribution >= 0.6 is 0 Å². The summed E-state index contributed by atoms with van der Waals surface area (Å²) < 4.78 is 67.9. The number of methoxy groups -OCH3 is 1. The van der Waals surface area contributed by atoms with Crippen LogP contribution in [0.1, 0.15) is 5.56 Å². The number of hydrogen-bond acceptors (Lipinski definition) is 4. The summed E-state index contributed by atoms with van der Waals surface area (Å²) in [6, 6.07) is 8.61. The Labute approximate surface area is 129 Å². The average molecular weight is 436 g/mol. The first-order chi connectivity index (χ1) is 9.56. The number of fused-ring (bicyclic) bond motifs is 1. The van der Waals surface area contributed by atoms with Crippen LogP contribution in [-0.4, -0.2) is 46.0 Å². The van der Waals surface area contributed by atoms with Gasteiger partial charge in [-0.05, 0) is 0 Å². The fourth-order valence-corrected chi connectivity index (χ4v) is 4.09. The molecule has 2 rings (SSSR count). The first kappa shape index (κ1) is 18.2. The Balaban J connectivity index is 0.000000240. The predicted molar refractivity (Wildman–Crippen MR) is 72.3 cm³/mol. The van der Waals surface area contributed by atoms with E-state index in [9.17, 15) is 13.2 Å². The van der Waals surface area contributed by atoms with Crippen molar-refractivity contribution in [3.63, 3.8) is 0 Å². The standard InChI is InChI=1S/C11H11OTe.CHF3O3S/c1-8-5-6-13-11-7-9(12-2)3-4-10(8)11;2-1(3,4)8(5,6)7/h3-7H,1-2H3;(H,5,6,7)/q+1;/p-1. The zero-order valence-electron chi connectivity index (χ0n) is 11.0. The third-order valence-electron chi connectivity index (χ3n) is 2.41. The van der Waals surface area contributed by atoms with Gasteiger partial charge in [0.2, 0.25) is 0 Å². The molecule has 1 aromatic heterocycles. The van der Waals surface area contributed by atoms with Crippen molar-refractivity contribution in [1.82, 2.24) is 0 Å². The van der Waals surface area contributed by atoms with Gasteiger partial charge in [-0.2, -0.15) is 13.2 Å². The maximum atomic E-state index is 10.7. The van der Waals surface area contributed by atoms with Gasteiger partial charge in [-0.1, -0.05) is 0 Å². The Kier molecular flexibility index (Phi) is 5.99. The number of aryl methyl sites for hydroxylation is 1. The number of benzene rings is 1. The molecule has 21 heavy (non-hydrogen) atoms. The van der Waals surface area contributed by atoms with Crippen LogP contribution in [0.4, 0.5) is 13.2 Å². The van der Waals surface area contributed by atoms with Gasteiger partial charge in [0.1, 0.15) is 0 Å². The van der Waals surface area contributed by atoms with Crippen LogP contribution in [0.3, 0.4) is 0 Å². The van der Waals surface area contributed by atoms with Crippen LogP contribution in [-0.2, 0) is 10.1 Å². The van der Waals surface area contributed by atoms with E-state index in [0.29, 0.717) is 0 Å². The molecular weight excluding hydrogens is 425 g/mol. The zero-order valence-corrected chi connectivity index (χ0v) is 14.1. The molecule has 0 bridgehead atoms. The fraction of sp³-hybridized carbons (Fsp3) is 0.250. The molecule has 4 nitrogen and oxygen atoms in total. The number of alkyl halides is 3. The summed E-state index contributed by atoms with van der Waals surface area (Å²) in [5.41, 5.74) is -4.28. The minimum atomic E-state index is -6.09. The number of rotatable bonds is 1. The molecule has 0 aliphatic carbocycles. The van der Waals surface area contributed by atoms with Gasteiger partial charge in [0.25, 0.3) is 0 Å². The Morgan fingerprint density at radius 1 is 1.24 bits per heavy atom. The maximum absolute atomic E-state index is 10.7. The van der Waals surface area contributed by atoms with Crippen molar-refractivity contribution in [1.29, 1.82) is 0 Å². The molecule has 0 saturated carbocycles. The molecule has 0 spiro atoms. The van der Waals surface area contributed by atoms with E-state index in [1.165, 1.54) is 14.4 Å². The molecule has 9 heteroatoms. The quantitative estimate of drug-likeness (QED) is 0.392. The molecule has 0 atom stereocenters. The molecule has 0 aliphatic rings. The normalized spacial score (nSPS) is 11.7. The van der Waals surface area contributed by atoms with E-state index >= 15 is 0 Å². The molecule has 1 heterocycles. The van der Waals surface area contributed by atoms with Gasteiger partial charge in [0, 0.05) is 0 Å². The summed E-state index contributed by atoms with van der Waals surface area (Å²) in [5, 5.41) is 1.41. The number of halogens is 3. The number of hydrogen-bond donors (Lipinski definition) is 0. The largest absolute Gasteiger partial charge is 0.741 e. The topological polar surface area (TPSA) is 66.4 Å². The van der Waals surface area contributed by atoms with Crippen LogP contribution < -0.4 is 4.74 Å². The molecule has 1 aromatic carbocycles. The molecule has 0 amide bonds. The van der Waals surface area contributed by atoms with Gasteiger partial charge in [0.15, 0.2) is 10.1 Å². The van der Waals surface area contributed by atoms with E-state index < -0.39 is 15.6 Å². The van der Waals surface area contributed by atoms with Crippen molar-refractivity contribution < 1.29 is 30.9 Å². The summed E-state index contributed by atoms with van der Waals surface area (Å²) in [7, 11) is -4.37.